The second kappa shape index (κ2) is 10.8. The van der Waals surface area contributed by atoms with E-state index in [-0.39, 0.29) is 0 Å². The molecule has 1 fully saturated rings. The summed E-state index contributed by atoms with van der Waals surface area (Å²) in [5.74, 6) is 0.851. The Labute approximate surface area is 160 Å². The fourth-order valence-corrected chi connectivity index (χ4v) is 3.03. The Balaban J connectivity index is 1.75. The van der Waals surface area contributed by atoms with Gasteiger partial charge in [0, 0.05) is 26.6 Å². The number of likely N-dealkylation sites (tertiary alicyclic amines) is 1. The number of benzene rings is 1. The summed E-state index contributed by atoms with van der Waals surface area (Å²) < 4.78 is 5.82. The Kier molecular flexibility index (Phi) is 8.43. The number of primary amides is 1. The maximum Gasteiger partial charge on any atom is 0.333 e. The van der Waals surface area contributed by atoms with Crippen LogP contribution in [-0.4, -0.2) is 54.3 Å². The highest BCUT2D eigenvalue weighted by atomic mass is 32.1. The van der Waals surface area contributed by atoms with Gasteiger partial charge in [0.05, 0.1) is 6.61 Å². The average Bonchev–Trinajstić information content (AvgIpc) is 2.65. The molecule has 1 aromatic rings. The van der Waals surface area contributed by atoms with Crippen molar-refractivity contribution in [3.8, 4) is 5.75 Å². The van der Waals surface area contributed by atoms with Crippen LogP contribution >= 0.6 is 12.2 Å². The molecule has 1 aliphatic rings. The van der Waals surface area contributed by atoms with Gasteiger partial charge in [-0.25, -0.2) is 9.80 Å². The van der Waals surface area contributed by atoms with Crippen molar-refractivity contribution in [1.29, 1.82) is 0 Å². The molecule has 0 atom stereocenters. The van der Waals surface area contributed by atoms with Crippen LogP contribution in [0.1, 0.15) is 31.2 Å². The van der Waals surface area contributed by atoms with E-state index in [1.54, 1.807) is 7.05 Å². The van der Waals surface area contributed by atoms with Gasteiger partial charge in [-0.15, -0.1) is 0 Å². The minimum Gasteiger partial charge on any atom is -0.494 e. The summed E-state index contributed by atoms with van der Waals surface area (Å²) in [7, 11) is 1.68. The zero-order valence-electron chi connectivity index (χ0n) is 15.4. The fourth-order valence-electron chi connectivity index (χ4n) is 2.92. The molecule has 1 aromatic carbocycles. The third-order valence-corrected chi connectivity index (χ3v) is 4.57. The number of nitrogens with zero attached hydrogens (tertiary/aromatic N) is 2. The van der Waals surface area contributed by atoms with Crippen molar-refractivity contribution in [3.05, 3.63) is 29.8 Å². The Morgan fingerprint density at radius 1 is 1.35 bits per heavy atom. The first-order valence-corrected chi connectivity index (χ1v) is 9.49. The van der Waals surface area contributed by atoms with Gasteiger partial charge in [0.2, 0.25) is 0 Å². The predicted molar refractivity (Wildman–Crippen MR) is 107 cm³/mol. The average molecular weight is 380 g/mol. The topological polar surface area (TPSA) is 82.9 Å². The summed E-state index contributed by atoms with van der Waals surface area (Å²) in [6.45, 7) is 4.22. The summed E-state index contributed by atoms with van der Waals surface area (Å²) >= 11 is 4.98. The number of rotatable bonds is 7. The first-order chi connectivity index (χ1) is 12.6. The number of piperidine rings is 1. The van der Waals surface area contributed by atoms with Gasteiger partial charge >= 0.3 is 6.03 Å². The number of nitrogens with two attached hydrogens (primary N) is 1. The van der Waals surface area contributed by atoms with E-state index < -0.39 is 6.03 Å². The molecular formula is C18H29N5O2S. The van der Waals surface area contributed by atoms with Crippen LogP contribution in [0, 0.1) is 0 Å². The van der Waals surface area contributed by atoms with E-state index in [1.807, 2.05) is 12.1 Å². The van der Waals surface area contributed by atoms with Crippen molar-refractivity contribution in [3.63, 3.8) is 0 Å². The second-order valence-corrected chi connectivity index (χ2v) is 6.78. The van der Waals surface area contributed by atoms with Crippen LogP contribution in [0.2, 0.25) is 0 Å². The molecule has 2 rings (SSSR count). The molecule has 0 saturated carbocycles. The lowest BCUT2D eigenvalue weighted by Crippen LogP contribution is -2.51. The van der Waals surface area contributed by atoms with Gasteiger partial charge in [-0.3, -0.25) is 10.3 Å². The molecule has 1 heterocycles. The number of hydrazine groups is 1. The van der Waals surface area contributed by atoms with Crippen molar-refractivity contribution < 1.29 is 9.53 Å². The quantitative estimate of drug-likeness (QED) is 0.381. The number of amides is 2. The van der Waals surface area contributed by atoms with Crippen LogP contribution in [0.5, 0.6) is 5.75 Å². The fraction of sp³-hybridized carbons (Fsp3) is 0.556. The van der Waals surface area contributed by atoms with Gasteiger partial charge in [-0.05, 0) is 55.8 Å². The first-order valence-electron chi connectivity index (χ1n) is 9.08. The van der Waals surface area contributed by atoms with Gasteiger partial charge in [-0.1, -0.05) is 18.6 Å². The van der Waals surface area contributed by atoms with E-state index in [9.17, 15) is 4.79 Å². The van der Waals surface area contributed by atoms with Crippen LogP contribution in [0.3, 0.4) is 0 Å². The number of carbonyl (C=O) groups excluding carboxylic acids is 1. The van der Waals surface area contributed by atoms with Crippen LogP contribution in [-0.2, 0) is 6.54 Å². The van der Waals surface area contributed by atoms with Crippen molar-refractivity contribution in [2.75, 3.05) is 33.3 Å². The maximum absolute atomic E-state index is 11.4. The molecule has 1 aliphatic heterocycles. The van der Waals surface area contributed by atoms with Crippen molar-refractivity contribution in [2.45, 2.75) is 32.2 Å². The SMILES string of the molecule is CNC(=S)NN(CCCOc1cccc(CN2CCCCC2)c1)C(N)=O. The summed E-state index contributed by atoms with van der Waals surface area (Å²) in [4.78, 5) is 13.9. The van der Waals surface area contributed by atoms with E-state index in [0.29, 0.717) is 24.7 Å². The molecule has 0 aromatic heterocycles. The number of ether oxygens (including phenoxy) is 1. The zero-order chi connectivity index (χ0) is 18.8. The Morgan fingerprint density at radius 2 is 2.12 bits per heavy atom. The normalized spacial score (nSPS) is 14.5. The van der Waals surface area contributed by atoms with Gasteiger partial charge in [0.1, 0.15) is 5.75 Å². The smallest absolute Gasteiger partial charge is 0.333 e. The Hall–Kier alpha value is -2.06. The van der Waals surface area contributed by atoms with Crippen LogP contribution in [0.25, 0.3) is 0 Å². The molecule has 144 valence electrons. The van der Waals surface area contributed by atoms with Gasteiger partial charge in [0.25, 0.3) is 0 Å². The third-order valence-electron chi connectivity index (χ3n) is 4.28. The first kappa shape index (κ1) is 20.3. The minimum absolute atomic E-state index is 0.343. The van der Waals surface area contributed by atoms with Crippen molar-refractivity contribution in [1.82, 2.24) is 20.7 Å². The van der Waals surface area contributed by atoms with E-state index in [2.05, 4.69) is 27.8 Å². The van der Waals surface area contributed by atoms with E-state index in [0.717, 1.165) is 12.3 Å². The highest BCUT2D eigenvalue weighted by Crippen LogP contribution is 2.17. The highest BCUT2D eigenvalue weighted by Gasteiger charge is 2.12. The summed E-state index contributed by atoms with van der Waals surface area (Å²) in [6.07, 6.45) is 4.56. The summed E-state index contributed by atoms with van der Waals surface area (Å²) in [5, 5.41) is 4.36. The third kappa shape index (κ3) is 7.05. The largest absolute Gasteiger partial charge is 0.494 e. The minimum atomic E-state index is -0.578. The molecule has 7 nitrogen and oxygen atoms in total. The molecule has 26 heavy (non-hydrogen) atoms. The molecule has 0 radical (unpaired) electrons. The summed E-state index contributed by atoms with van der Waals surface area (Å²) in [5.41, 5.74) is 9.34. The number of urea groups is 1. The lowest BCUT2D eigenvalue weighted by molar-refractivity contribution is 0.188. The number of hydrogen-bond donors (Lipinski definition) is 3. The van der Waals surface area contributed by atoms with Gasteiger partial charge in [-0.2, -0.15) is 0 Å². The van der Waals surface area contributed by atoms with Gasteiger partial charge in [0.15, 0.2) is 5.11 Å². The molecule has 8 heteroatoms. The maximum atomic E-state index is 11.4. The Morgan fingerprint density at radius 3 is 2.81 bits per heavy atom. The van der Waals surface area contributed by atoms with Crippen LogP contribution in [0.4, 0.5) is 4.79 Å². The van der Waals surface area contributed by atoms with Crippen molar-refractivity contribution >= 4 is 23.4 Å². The number of hydrogen-bond acceptors (Lipinski definition) is 4. The van der Waals surface area contributed by atoms with E-state index >= 15 is 0 Å². The summed E-state index contributed by atoms with van der Waals surface area (Å²) in [6, 6.07) is 7.64. The van der Waals surface area contributed by atoms with Gasteiger partial charge < -0.3 is 15.8 Å². The van der Waals surface area contributed by atoms with E-state index in [4.69, 9.17) is 22.7 Å². The molecular weight excluding hydrogens is 350 g/mol. The number of carbonyl (C=O) groups is 1. The number of thiocarbonyl (C=S) groups is 1. The lowest BCUT2D eigenvalue weighted by atomic mass is 10.1. The van der Waals surface area contributed by atoms with Crippen LogP contribution in [0.15, 0.2) is 24.3 Å². The predicted octanol–water partition coefficient (Wildman–Crippen LogP) is 1.83. The molecule has 0 bridgehead atoms. The molecule has 4 N–H and O–H groups in total. The van der Waals surface area contributed by atoms with E-state index in [1.165, 1.54) is 42.9 Å². The number of nitrogens with one attached hydrogen (secondary N) is 2. The standard InChI is InChI=1S/C18H29N5O2S/c1-20-18(26)21-23(17(19)24)11-6-12-25-16-8-5-7-15(13-16)14-22-9-3-2-4-10-22/h5,7-8,13H,2-4,6,9-12,14H2,1H3,(H2,19,24)(H2,20,21,26). The van der Waals surface area contributed by atoms with Crippen molar-refractivity contribution in [2.24, 2.45) is 5.73 Å². The lowest BCUT2D eigenvalue weighted by Gasteiger charge is -2.26. The molecule has 2 amide bonds. The molecule has 0 unspecified atom stereocenters. The van der Waals surface area contributed by atoms with Crippen LogP contribution < -0.4 is 21.2 Å². The monoisotopic (exact) mass is 379 g/mol. The molecule has 0 spiro atoms. The molecule has 0 aliphatic carbocycles. The second-order valence-electron chi connectivity index (χ2n) is 6.37. The molecule has 1 saturated heterocycles. The Bertz CT molecular complexity index is 593. The zero-order valence-corrected chi connectivity index (χ0v) is 16.2. The highest BCUT2D eigenvalue weighted by molar-refractivity contribution is 7.80.